The lowest BCUT2D eigenvalue weighted by Crippen LogP contribution is -2.25. The summed E-state index contributed by atoms with van der Waals surface area (Å²) < 4.78 is 0. The summed E-state index contributed by atoms with van der Waals surface area (Å²) in [7, 11) is 0. The van der Waals surface area contributed by atoms with Crippen LogP contribution in [0.15, 0.2) is 11.8 Å². The predicted molar refractivity (Wildman–Crippen MR) is 37.2 cm³/mol. The molecule has 0 aliphatic heterocycles. The lowest BCUT2D eigenvalue weighted by atomic mass is 10.4. The number of hydrogen-bond donors (Lipinski definition) is 3. The number of amides is 1. The van der Waals surface area contributed by atoms with Gasteiger partial charge in [0.05, 0.1) is 6.08 Å². The number of carbonyl (C=O) groups excluding carboxylic acids is 1. The number of nitrogens with one attached hydrogen (secondary N) is 1. The third-order valence-corrected chi connectivity index (χ3v) is 0.809. The Hall–Kier alpha value is -1.85. The molecule has 66 valence electrons. The molecule has 0 aromatic carbocycles. The molecule has 0 atom stereocenters. The van der Waals surface area contributed by atoms with Crippen molar-refractivity contribution in [2.45, 2.75) is 6.92 Å². The Labute approximate surface area is 67.5 Å². The van der Waals surface area contributed by atoms with Gasteiger partial charge in [-0.15, -0.1) is 0 Å². The maximum atomic E-state index is 10.3. The maximum Gasteiger partial charge on any atom is 0.352 e. The van der Waals surface area contributed by atoms with Gasteiger partial charge in [-0.3, -0.25) is 4.79 Å². The third kappa shape index (κ3) is 4.04. The van der Waals surface area contributed by atoms with Crippen LogP contribution in [0.25, 0.3) is 0 Å². The van der Waals surface area contributed by atoms with Gasteiger partial charge in [0.25, 0.3) is 0 Å². The van der Waals surface area contributed by atoms with Crippen molar-refractivity contribution < 1.29 is 24.6 Å². The van der Waals surface area contributed by atoms with Gasteiger partial charge in [-0.05, 0) is 0 Å². The van der Waals surface area contributed by atoms with E-state index in [4.69, 9.17) is 10.2 Å². The molecule has 0 fully saturated rings. The summed E-state index contributed by atoms with van der Waals surface area (Å²) >= 11 is 0. The summed E-state index contributed by atoms with van der Waals surface area (Å²) in [6.45, 7) is 1.08. The highest BCUT2D eigenvalue weighted by Crippen LogP contribution is 1.88. The Kier molecular flexibility index (Phi) is 3.48. The van der Waals surface area contributed by atoms with Crippen LogP contribution in [0.2, 0.25) is 0 Å². The minimum absolute atomic E-state index is 0.406. The lowest BCUT2D eigenvalue weighted by molar-refractivity contribution is -0.136. The molecule has 0 radical (unpaired) electrons. The standard InChI is InChI=1S/C6H7NO5/c1-3(8)7-4(6(11)12)2-5(9)10/h2H,1H3,(H,7,8)(H,9,10)(H,11,12). The second-order valence-electron chi connectivity index (χ2n) is 1.88. The largest absolute Gasteiger partial charge is 0.478 e. The van der Waals surface area contributed by atoms with Gasteiger partial charge in [-0.2, -0.15) is 0 Å². The Morgan fingerprint density at radius 1 is 1.25 bits per heavy atom. The molecule has 6 nitrogen and oxygen atoms in total. The molecule has 0 aliphatic carbocycles. The van der Waals surface area contributed by atoms with Crippen molar-refractivity contribution in [2.24, 2.45) is 0 Å². The summed E-state index contributed by atoms with van der Waals surface area (Å²) in [6.07, 6.45) is 0.406. The van der Waals surface area contributed by atoms with Crippen molar-refractivity contribution in [3.05, 3.63) is 11.8 Å². The molecule has 6 heteroatoms. The van der Waals surface area contributed by atoms with Gasteiger partial charge in [0.1, 0.15) is 5.70 Å². The molecule has 12 heavy (non-hydrogen) atoms. The first-order valence-electron chi connectivity index (χ1n) is 2.89. The highest BCUT2D eigenvalue weighted by atomic mass is 16.4. The summed E-state index contributed by atoms with van der Waals surface area (Å²) in [5.74, 6) is -3.56. The van der Waals surface area contributed by atoms with Gasteiger partial charge < -0.3 is 15.5 Å². The second-order valence-corrected chi connectivity index (χ2v) is 1.88. The van der Waals surface area contributed by atoms with Gasteiger partial charge >= 0.3 is 11.9 Å². The monoisotopic (exact) mass is 173 g/mol. The predicted octanol–water partition coefficient (Wildman–Crippen LogP) is -0.824. The Balaban J connectivity index is 4.55. The Morgan fingerprint density at radius 2 is 1.75 bits per heavy atom. The molecule has 0 aromatic heterocycles. The highest BCUT2D eigenvalue weighted by Gasteiger charge is 2.09. The zero-order valence-electron chi connectivity index (χ0n) is 6.20. The number of carboxylic acid groups (broad SMARTS) is 2. The van der Waals surface area contributed by atoms with Gasteiger partial charge in [-0.1, -0.05) is 0 Å². The molecule has 0 saturated carbocycles. The smallest absolute Gasteiger partial charge is 0.352 e. The van der Waals surface area contributed by atoms with Crippen molar-refractivity contribution in [1.82, 2.24) is 5.32 Å². The van der Waals surface area contributed by atoms with Gasteiger partial charge in [0.15, 0.2) is 0 Å². The van der Waals surface area contributed by atoms with Gasteiger partial charge in [-0.25, -0.2) is 9.59 Å². The minimum Gasteiger partial charge on any atom is -0.478 e. The van der Waals surface area contributed by atoms with E-state index in [1.165, 1.54) is 0 Å². The second kappa shape index (κ2) is 4.12. The van der Waals surface area contributed by atoms with Crippen molar-refractivity contribution >= 4 is 17.8 Å². The van der Waals surface area contributed by atoms with Crippen LogP contribution in [0.4, 0.5) is 0 Å². The molecule has 0 aliphatic rings. The number of aliphatic carboxylic acids is 2. The van der Waals surface area contributed by atoms with E-state index in [-0.39, 0.29) is 0 Å². The topological polar surface area (TPSA) is 104 Å². The summed E-state index contributed by atoms with van der Waals surface area (Å²) in [5.41, 5.74) is -0.657. The first-order valence-corrected chi connectivity index (χ1v) is 2.89. The van der Waals surface area contributed by atoms with E-state index < -0.39 is 23.5 Å². The maximum absolute atomic E-state index is 10.3. The number of carboxylic acids is 2. The van der Waals surface area contributed by atoms with Crippen LogP contribution < -0.4 is 5.32 Å². The molecular formula is C6H7NO5. The first kappa shape index (κ1) is 10.2. The van der Waals surface area contributed by atoms with E-state index in [0.717, 1.165) is 6.92 Å². The molecule has 1 amide bonds. The minimum atomic E-state index is -1.49. The molecule has 0 rings (SSSR count). The molecular weight excluding hydrogens is 166 g/mol. The SMILES string of the molecule is CC(=O)NC(=CC(=O)O)C(=O)O. The quantitative estimate of drug-likeness (QED) is 0.483. The van der Waals surface area contributed by atoms with Crippen LogP contribution in [0, 0.1) is 0 Å². The van der Waals surface area contributed by atoms with Crippen LogP contribution in [-0.4, -0.2) is 28.1 Å². The fourth-order valence-corrected chi connectivity index (χ4v) is 0.464. The van der Waals surface area contributed by atoms with E-state index in [2.05, 4.69) is 0 Å². The summed E-state index contributed by atoms with van der Waals surface area (Å²) in [6, 6.07) is 0. The molecule has 0 saturated heterocycles. The Morgan fingerprint density at radius 3 is 2.00 bits per heavy atom. The van der Waals surface area contributed by atoms with Crippen LogP contribution >= 0.6 is 0 Å². The van der Waals surface area contributed by atoms with Crippen molar-refractivity contribution in [1.29, 1.82) is 0 Å². The van der Waals surface area contributed by atoms with Gasteiger partial charge in [0, 0.05) is 6.92 Å². The zero-order chi connectivity index (χ0) is 9.72. The number of rotatable bonds is 3. The van der Waals surface area contributed by atoms with E-state index in [9.17, 15) is 14.4 Å². The zero-order valence-corrected chi connectivity index (χ0v) is 6.20. The fourth-order valence-electron chi connectivity index (χ4n) is 0.464. The molecule has 0 heterocycles. The Bertz CT molecular complexity index is 255. The first-order chi connectivity index (χ1) is 5.43. The van der Waals surface area contributed by atoms with Crippen molar-refractivity contribution in [3.8, 4) is 0 Å². The number of hydrogen-bond acceptors (Lipinski definition) is 3. The average molecular weight is 173 g/mol. The average Bonchev–Trinajstić information content (AvgIpc) is 1.83. The van der Waals surface area contributed by atoms with Crippen molar-refractivity contribution in [3.63, 3.8) is 0 Å². The molecule has 0 bridgehead atoms. The van der Waals surface area contributed by atoms with Crippen LogP contribution in [-0.2, 0) is 14.4 Å². The van der Waals surface area contributed by atoms with Crippen molar-refractivity contribution in [2.75, 3.05) is 0 Å². The fraction of sp³-hybridized carbons (Fsp3) is 0.167. The molecule has 0 unspecified atom stereocenters. The van der Waals surface area contributed by atoms with E-state index in [1.807, 2.05) is 5.32 Å². The van der Waals surface area contributed by atoms with E-state index in [1.54, 1.807) is 0 Å². The highest BCUT2D eigenvalue weighted by molar-refractivity contribution is 5.97. The lowest BCUT2D eigenvalue weighted by Gasteiger charge is -1.99. The van der Waals surface area contributed by atoms with Crippen LogP contribution in [0.5, 0.6) is 0 Å². The summed E-state index contributed by atoms with van der Waals surface area (Å²) in [5, 5.41) is 18.3. The normalized spacial score (nSPS) is 10.6. The van der Waals surface area contributed by atoms with Crippen LogP contribution in [0.3, 0.4) is 0 Å². The number of carbonyl (C=O) groups is 3. The van der Waals surface area contributed by atoms with Crippen LogP contribution in [0.1, 0.15) is 6.92 Å². The molecule has 3 N–H and O–H groups in total. The van der Waals surface area contributed by atoms with E-state index >= 15 is 0 Å². The molecule has 0 aromatic rings. The van der Waals surface area contributed by atoms with E-state index in [0.29, 0.717) is 6.08 Å². The summed E-state index contributed by atoms with van der Waals surface area (Å²) in [4.78, 5) is 30.6. The van der Waals surface area contributed by atoms with Gasteiger partial charge in [0.2, 0.25) is 5.91 Å². The molecule has 0 spiro atoms. The third-order valence-electron chi connectivity index (χ3n) is 0.809.